The summed E-state index contributed by atoms with van der Waals surface area (Å²) in [7, 11) is 1.77. The lowest BCUT2D eigenvalue weighted by Crippen LogP contribution is -2.46. The number of hydrogen-bond acceptors (Lipinski definition) is 5. The largest absolute Gasteiger partial charge is 0.478 e. The van der Waals surface area contributed by atoms with E-state index in [1.165, 1.54) is 12.3 Å². The highest BCUT2D eigenvalue weighted by molar-refractivity contribution is 6.33. The van der Waals surface area contributed by atoms with E-state index in [1.807, 2.05) is 0 Å². The van der Waals surface area contributed by atoms with Crippen LogP contribution in [0.5, 0.6) is 0 Å². The van der Waals surface area contributed by atoms with Crippen LogP contribution in [-0.2, 0) is 4.74 Å². The molecule has 6 nitrogen and oxygen atoms in total. The predicted molar refractivity (Wildman–Crippen MR) is 74.5 cm³/mol. The van der Waals surface area contributed by atoms with Gasteiger partial charge in [0.2, 0.25) is 0 Å². The molecular formula is C13H17ClN2O4. The maximum atomic E-state index is 10.8. The molecule has 1 aliphatic heterocycles. The van der Waals surface area contributed by atoms with Crippen LogP contribution in [0.15, 0.2) is 12.3 Å². The van der Waals surface area contributed by atoms with Gasteiger partial charge in [0.1, 0.15) is 5.82 Å². The Kier molecular flexibility index (Phi) is 4.47. The number of rotatable bonds is 4. The average Bonchev–Trinajstić information content (AvgIpc) is 2.38. The van der Waals surface area contributed by atoms with Crippen LogP contribution in [0.2, 0.25) is 5.02 Å². The Hall–Kier alpha value is -1.37. The van der Waals surface area contributed by atoms with Crippen LogP contribution in [-0.4, -0.2) is 53.6 Å². The fourth-order valence-electron chi connectivity index (χ4n) is 2.25. The van der Waals surface area contributed by atoms with E-state index in [0.29, 0.717) is 38.4 Å². The van der Waals surface area contributed by atoms with E-state index >= 15 is 0 Å². The molecule has 2 heterocycles. The molecule has 1 aromatic rings. The van der Waals surface area contributed by atoms with Crippen molar-refractivity contribution in [3.63, 3.8) is 0 Å². The van der Waals surface area contributed by atoms with Gasteiger partial charge in [-0.1, -0.05) is 11.6 Å². The topological polar surface area (TPSA) is 82.9 Å². The van der Waals surface area contributed by atoms with Gasteiger partial charge in [0.05, 0.1) is 16.2 Å². The lowest BCUT2D eigenvalue weighted by Gasteiger charge is -2.36. The van der Waals surface area contributed by atoms with Gasteiger partial charge in [-0.25, -0.2) is 9.78 Å². The van der Waals surface area contributed by atoms with Gasteiger partial charge in [-0.3, -0.25) is 0 Å². The number of aromatic nitrogens is 1. The van der Waals surface area contributed by atoms with Crippen molar-refractivity contribution in [3.8, 4) is 0 Å². The van der Waals surface area contributed by atoms with Gasteiger partial charge in [-0.15, -0.1) is 0 Å². The molecule has 2 N–H and O–H groups in total. The van der Waals surface area contributed by atoms with E-state index in [1.54, 1.807) is 11.9 Å². The average molecular weight is 301 g/mol. The van der Waals surface area contributed by atoms with Crippen LogP contribution in [0.1, 0.15) is 23.2 Å². The number of nitrogens with zero attached hydrogens (tertiary/aromatic N) is 2. The zero-order valence-electron chi connectivity index (χ0n) is 11.2. The highest BCUT2D eigenvalue weighted by Gasteiger charge is 2.31. The van der Waals surface area contributed by atoms with Crippen molar-refractivity contribution in [3.05, 3.63) is 22.8 Å². The molecule has 1 aliphatic rings. The first kappa shape index (κ1) is 15.0. The Morgan fingerprint density at radius 2 is 2.20 bits per heavy atom. The van der Waals surface area contributed by atoms with Gasteiger partial charge >= 0.3 is 5.97 Å². The normalized spacial score (nSPS) is 17.8. The Bertz CT molecular complexity index is 503. The minimum absolute atomic E-state index is 0.0388. The van der Waals surface area contributed by atoms with Crippen LogP contribution < -0.4 is 4.90 Å². The number of ether oxygens (including phenoxy) is 1. The van der Waals surface area contributed by atoms with Gasteiger partial charge < -0.3 is 19.8 Å². The molecule has 110 valence electrons. The van der Waals surface area contributed by atoms with E-state index in [-0.39, 0.29) is 10.6 Å². The zero-order chi connectivity index (χ0) is 14.8. The monoisotopic (exact) mass is 300 g/mol. The second kappa shape index (κ2) is 5.95. The van der Waals surface area contributed by atoms with Crippen LogP contribution in [0.3, 0.4) is 0 Å². The number of carboxylic acids is 1. The Labute approximate surface area is 121 Å². The van der Waals surface area contributed by atoms with Gasteiger partial charge in [-0.05, 0) is 6.07 Å². The first-order chi connectivity index (χ1) is 9.41. The molecule has 7 heteroatoms. The number of hydrogen-bond donors (Lipinski definition) is 2. The molecule has 20 heavy (non-hydrogen) atoms. The molecular weight excluding hydrogens is 284 g/mol. The summed E-state index contributed by atoms with van der Waals surface area (Å²) >= 11 is 6.06. The molecule has 2 rings (SSSR count). The number of halogens is 1. The lowest BCUT2D eigenvalue weighted by molar-refractivity contribution is -0.0573. The van der Waals surface area contributed by atoms with Gasteiger partial charge in [0, 0.05) is 45.8 Å². The maximum Gasteiger partial charge on any atom is 0.337 e. The summed E-state index contributed by atoms with van der Waals surface area (Å²) in [5, 5.41) is 19.6. The van der Waals surface area contributed by atoms with Crippen LogP contribution >= 0.6 is 11.6 Å². The fourth-order valence-corrected chi connectivity index (χ4v) is 2.56. The standard InChI is InChI=1S/C13H17ClN2O4/c1-16(8-13(19)2-4-20-5-3-13)11-10(14)6-9(7-15-11)12(17)18/h6-7,19H,2-5,8H2,1H3,(H,17,18). The molecule has 1 aromatic heterocycles. The number of aliphatic hydroxyl groups is 1. The number of likely N-dealkylation sites (N-methyl/N-ethyl adjacent to an activating group) is 1. The summed E-state index contributed by atoms with van der Waals surface area (Å²) < 4.78 is 5.23. The van der Waals surface area contributed by atoms with E-state index in [4.69, 9.17) is 21.4 Å². The second-order valence-corrected chi connectivity index (χ2v) is 5.43. The molecule has 1 fully saturated rings. The van der Waals surface area contributed by atoms with Crippen LogP contribution in [0.25, 0.3) is 0 Å². The Balaban J connectivity index is 2.12. The lowest BCUT2D eigenvalue weighted by atomic mass is 9.94. The van der Waals surface area contributed by atoms with E-state index in [2.05, 4.69) is 4.98 Å². The summed E-state index contributed by atoms with van der Waals surface area (Å²) in [6.07, 6.45) is 2.37. The maximum absolute atomic E-state index is 10.8. The Morgan fingerprint density at radius 1 is 1.55 bits per heavy atom. The minimum Gasteiger partial charge on any atom is -0.478 e. The number of anilines is 1. The summed E-state index contributed by atoms with van der Waals surface area (Å²) in [6, 6.07) is 1.36. The van der Waals surface area contributed by atoms with Crippen molar-refractivity contribution < 1.29 is 19.7 Å². The molecule has 0 unspecified atom stereocenters. The summed E-state index contributed by atoms with van der Waals surface area (Å²) in [5.74, 6) is -0.617. The summed E-state index contributed by atoms with van der Waals surface area (Å²) in [6.45, 7) is 1.43. The fraction of sp³-hybridized carbons (Fsp3) is 0.538. The van der Waals surface area contributed by atoms with Crippen molar-refractivity contribution in [1.29, 1.82) is 0 Å². The smallest absolute Gasteiger partial charge is 0.337 e. The first-order valence-corrected chi connectivity index (χ1v) is 6.69. The third-order valence-electron chi connectivity index (χ3n) is 3.39. The number of carboxylic acid groups (broad SMARTS) is 1. The third kappa shape index (κ3) is 3.39. The SMILES string of the molecule is CN(CC1(O)CCOCC1)c1ncc(C(=O)O)cc1Cl. The van der Waals surface area contributed by atoms with E-state index in [9.17, 15) is 9.90 Å². The van der Waals surface area contributed by atoms with Gasteiger partial charge in [-0.2, -0.15) is 0 Å². The summed E-state index contributed by atoms with van der Waals surface area (Å²) in [4.78, 5) is 16.6. The van der Waals surface area contributed by atoms with Gasteiger partial charge in [0.15, 0.2) is 0 Å². The van der Waals surface area contributed by atoms with Crippen molar-refractivity contribution in [2.24, 2.45) is 0 Å². The molecule has 0 amide bonds. The molecule has 0 aliphatic carbocycles. The molecule has 0 radical (unpaired) electrons. The zero-order valence-corrected chi connectivity index (χ0v) is 11.9. The van der Waals surface area contributed by atoms with E-state index in [0.717, 1.165) is 0 Å². The third-order valence-corrected chi connectivity index (χ3v) is 3.66. The molecule has 1 saturated heterocycles. The molecule has 0 atom stereocenters. The number of aromatic carboxylic acids is 1. The predicted octanol–water partition coefficient (Wildman–Crippen LogP) is 1.41. The second-order valence-electron chi connectivity index (χ2n) is 5.03. The van der Waals surface area contributed by atoms with E-state index < -0.39 is 11.6 Å². The van der Waals surface area contributed by atoms with Crippen molar-refractivity contribution in [2.45, 2.75) is 18.4 Å². The molecule has 0 aromatic carbocycles. The van der Waals surface area contributed by atoms with Crippen LogP contribution in [0.4, 0.5) is 5.82 Å². The molecule has 0 spiro atoms. The quantitative estimate of drug-likeness (QED) is 0.875. The van der Waals surface area contributed by atoms with Gasteiger partial charge in [0.25, 0.3) is 0 Å². The molecule has 0 saturated carbocycles. The minimum atomic E-state index is -1.07. The Morgan fingerprint density at radius 3 is 2.75 bits per heavy atom. The van der Waals surface area contributed by atoms with Crippen molar-refractivity contribution in [2.75, 3.05) is 31.7 Å². The highest BCUT2D eigenvalue weighted by atomic mass is 35.5. The number of carbonyl (C=O) groups is 1. The first-order valence-electron chi connectivity index (χ1n) is 6.31. The summed E-state index contributed by atoms with van der Waals surface area (Å²) in [5.41, 5.74) is -0.791. The number of pyridine rings is 1. The van der Waals surface area contributed by atoms with Crippen molar-refractivity contribution >= 4 is 23.4 Å². The highest BCUT2D eigenvalue weighted by Crippen LogP contribution is 2.27. The van der Waals surface area contributed by atoms with Crippen molar-refractivity contribution in [1.82, 2.24) is 4.98 Å². The van der Waals surface area contributed by atoms with Crippen LogP contribution in [0, 0.1) is 0 Å². The molecule has 0 bridgehead atoms.